The van der Waals surface area contributed by atoms with Gasteiger partial charge in [0.05, 0.1) is 29.9 Å². The summed E-state index contributed by atoms with van der Waals surface area (Å²) in [6.07, 6.45) is -4.72. The van der Waals surface area contributed by atoms with Crippen LogP contribution in [0.15, 0.2) is 72.8 Å². The molecule has 0 aromatic heterocycles. The number of halogens is 4. The zero-order chi connectivity index (χ0) is 26.4. The summed E-state index contributed by atoms with van der Waals surface area (Å²) in [4.78, 5) is 16.9. The molecule has 0 saturated carbocycles. The molecule has 192 valence electrons. The Kier molecular flexibility index (Phi) is 8.49. The number of carbonyl (C=O) groups excluding carboxylic acids is 1. The lowest BCUT2D eigenvalue weighted by atomic mass is 10.1. The van der Waals surface area contributed by atoms with Gasteiger partial charge in [-0.2, -0.15) is 18.4 Å². The van der Waals surface area contributed by atoms with Crippen LogP contribution in [0, 0.1) is 11.3 Å². The second-order valence-corrected chi connectivity index (χ2v) is 9.27. The first-order valence-corrected chi connectivity index (χ1v) is 12.2. The minimum atomic E-state index is -4.38. The van der Waals surface area contributed by atoms with Crippen LogP contribution in [0.25, 0.3) is 0 Å². The molecule has 9 heteroatoms. The minimum absolute atomic E-state index is 0.107. The molecular formula is C28H25ClF3N3O2. The number of rotatable bonds is 7. The molecule has 1 aliphatic heterocycles. The highest BCUT2D eigenvalue weighted by Gasteiger charge is 2.30. The molecule has 0 spiro atoms. The van der Waals surface area contributed by atoms with Gasteiger partial charge in [0.1, 0.15) is 0 Å². The van der Waals surface area contributed by atoms with Crippen LogP contribution in [-0.2, 0) is 17.5 Å². The molecule has 5 nitrogen and oxygen atoms in total. The van der Waals surface area contributed by atoms with Crippen molar-refractivity contribution in [1.82, 2.24) is 9.80 Å². The molecule has 1 unspecified atom stereocenters. The van der Waals surface area contributed by atoms with E-state index in [0.29, 0.717) is 54.4 Å². The van der Waals surface area contributed by atoms with E-state index in [0.717, 1.165) is 17.7 Å². The Bertz CT molecular complexity index is 1250. The minimum Gasteiger partial charge on any atom is -0.368 e. The lowest BCUT2D eigenvalue weighted by molar-refractivity contribution is -0.137. The topological polar surface area (TPSA) is 56.6 Å². The summed E-state index contributed by atoms with van der Waals surface area (Å²) in [6.45, 7) is 3.03. The second kappa shape index (κ2) is 11.8. The zero-order valence-corrected chi connectivity index (χ0v) is 20.7. The number of nitrogens with zero attached hydrogens (tertiary/aromatic N) is 3. The number of hydrogen-bond donors (Lipinski definition) is 0. The molecule has 1 aliphatic rings. The number of piperazine rings is 1. The first kappa shape index (κ1) is 26.7. The van der Waals surface area contributed by atoms with Gasteiger partial charge in [-0.1, -0.05) is 41.9 Å². The number of amides is 1. The average Bonchev–Trinajstić information content (AvgIpc) is 2.91. The summed E-state index contributed by atoms with van der Waals surface area (Å²) in [5.41, 5.74) is 1.79. The van der Waals surface area contributed by atoms with Gasteiger partial charge in [0, 0.05) is 43.3 Å². The van der Waals surface area contributed by atoms with Gasteiger partial charge in [-0.3, -0.25) is 9.69 Å². The van der Waals surface area contributed by atoms with Gasteiger partial charge < -0.3 is 9.64 Å². The Hall–Kier alpha value is -3.38. The molecular weight excluding hydrogens is 503 g/mol. The van der Waals surface area contributed by atoms with Gasteiger partial charge in [-0.15, -0.1) is 0 Å². The summed E-state index contributed by atoms with van der Waals surface area (Å²) in [5.74, 6) is -0.107. The number of ether oxygens (including phenoxy) is 1. The van der Waals surface area contributed by atoms with Gasteiger partial charge in [0.2, 0.25) is 0 Å². The smallest absolute Gasteiger partial charge is 0.368 e. The first-order chi connectivity index (χ1) is 17.7. The molecule has 0 aliphatic carbocycles. The van der Waals surface area contributed by atoms with E-state index in [-0.39, 0.29) is 18.6 Å². The predicted octanol–water partition coefficient (Wildman–Crippen LogP) is 5.95. The third-order valence-corrected chi connectivity index (χ3v) is 6.55. The molecule has 0 radical (unpaired) electrons. The van der Waals surface area contributed by atoms with Crippen molar-refractivity contribution in [3.8, 4) is 6.07 Å². The van der Waals surface area contributed by atoms with E-state index in [2.05, 4.69) is 11.0 Å². The van der Waals surface area contributed by atoms with E-state index < -0.39 is 11.7 Å². The van der Waals surface area contributed by atoms with Crippen molar-refractivity contribution in [2.24, 2.45) is 0 Å². The Balaban J connectivity index is 1.39. The molecule has 0 bridgehead atoms. The fraction of sp³-hybridized carbons (Fsp3) is 0.286. The fourth-order valence-corrected chi connectivity index (χ4v) is 4.32. The zero-order valence-electron chi connectivity index (χ0n) is 19.9. The lowest BCUT2D eigenvalue weighted by Gasteiger charge is -2.36. The van der Waals surface area contributed by atoms with Crippen LogP contribution in [0.2, 0.25) is 5.02 Å². The molecule has 1 saturated heterocycles. The Morgan fingerprint density at radius 2 is 1.68 bits per heavy atom. The largest absolute Gasteiger partial charge is 0.416 e. The van der Waals surface area contributed by atoms with Gasteiger partial charge in [-0.05, 0) is 53.6 Å². The highest BCUT2D eigenvalue weighted by atomic mass is 35.5. The molecule has 37 heavy (non-hydrogen) atoms. The molecule has 1 amide bonds. The van der Waals surface area contributed by atoms with Crippen LogP contribution in [0.3, 0.4) is 0 Å². The number of nitriles is 1. The Morgan fingerprint density at radius 3 is 2.30 bits per heavy atom. The Labute approximate surface area is 218 Å². The normalized spacial score (nSPS) is 15.3. The molecule has 1 fully saturated rings. The molecule has 3 aromatic rings. The van der Waals surface area contributed by atoms with Gasteiger partial charge in [0.15, 0.2) is 0 Å². The van der Waals surface area contributed by atoms with Crippen molar-refractivity contribution >= 4 is 17.5 Å². The van der Waals surface area contributed by atoms with E-state index in [1.807, 2.05) is 12.1 Å². The van der Waals surface area contributed by atoms with Crippen LogP contribution < -0.4 is 0 Å². The van der Waals surface area contributed by atoms with E-state index >= 15 is 0 Å². The van der Waals surface area contributed by atoms with Crippen LogP contribution in [-0.4, -0.2) is 48.4 Å². The molecule has 1 atom stereocenters. The third-order valence-electron chi connectivity index (χ3n) is 6.30. The molecule has 3 aromatic carbocycles. The highest BCUT2D eigenvalue weighted by molar-refractivity contribution is 6.30. The van der Waals surface area contributed by atoms with E-state index in [1.165, 1.54) is 12.1 Å². The average molecular weight is 528 g/mol. The van der Waals surface area contributed by atoms with Crippen molar-refractivity contribution < 1.29 is 22.7 Å². The summed E-state index contributed by atoms with van der Waals surface area (Å²) >= 11 is 6.05. The van der Waals surface area contributed by atoms with Gasteiger partial charge in [0.25, 0.3) is 5.91 Å². The van der Waals surface area contributed by atoms with Gasteiger partial charge >= 0.3 is 6.18 Å². The van der Waals surface area contributed by atoms with Crippen LogP contribution in [0.4, 0.5) is 13.2 Å². The summed E-state index contributed by atoms with van der Waals surface area (Å²) in [7, 11) is 0. The van der Waals surface area contributed by atoms with E-state index in [4.69, 9.17) is 21.6 Å². The van der Waals surface area contributed by atoms with Crippen molar-refractivity contribution in [2.45, 2.75) is 18.9 Å². The predicted molar refractivity (Wildman–Crippen MR) is 134 cm³/mol. The van der Waals surface area contributed by atoms with Crippen LogP contribution >= 0.6 is 11.6 Å². The standard InChI is InChI=1S/C28H25ClF3N3O2/c29-25-10-6-22(7-11-25)26(37-19-20-4-8-24(9-5-20)28(30,31)32)18-34-12-14-35(15-13-34)27(36)23-3-1-2-21(16-23)17-33/h1-11,16,26H,12-15,18-19H2. The van der Waals surface area contributed by atoms with Crippen LogP contribution in [0.1, 0.15) is 38.7 Å². The second-order valence-electron chi connectivity index (χ2n) is 8.83. The maximum Gasteiger partial charge on any atom is 0.416 e. The molecule has 1 heterocycles. The fourth-order valence-electron chi connectivity index (χ4n) is 4.19. The van der Waals surface area contributed by atoms with Crippen molar-refractivity contribution in [3.63, 3.8) is 0 Å². The summed E-state index contributed by atoms with van der Waals surface area (Å²) in [6, 6.07) is 21.0. The number of benzene rings is 3. The van der Waals surface area contributed by atoms with E-state index in [1.54, 1.807) is 41.3 Å². The summed E-state index contributed by atoms with van der Waals surface area (Å²) in [5, 5.41) is 9.69. The van der Waals surface area contributed by atoms with Crippen LogP contribution in [0.5, 0.6) is 0 Å². The quantitative estimate of drug-likeness (QED) is 0.381. The number of hydrogen-bond acceptors (Lipinski definition) is 4. The van der Waals surface area contributed by atoms with Gasteiger partial charge in [-0.25, -0.2) is 0 Å². The lowest BCUT2D eigenvalue weighted by Crippen LogP contribution is -2.49. The van der Waals surface area contributed by atoms with Crippen molar-refractivity contribution in [1.29, 1.82) is 5.26 Å². The monoisotopic (exact) mass is 527 g/mol. The highest BCUT2D eigenvalue weighted by Crippen LogP contribution is 2.30. The number of alkyl halides is 3. The Morgan fingerprint density at radius 1 is 1.00 bits per heavy atom. The van der Waals surface area contributed by atoms with Crippen molar-refractivity contribution in [2.75, 3.05) is 32.7 Å². The SMILES string of the molecule is N#Cc1cccc(C(=O)N2CCN(CC(OCc3ccc(C(F)(F)F)cc3)c3ccc(Cl)cc3)CC2)c1. The number of carbonyl (C=O) groups is 1. The molecule has 0 N–H and O–H groups in total. The maximum absolute atomic E-state index is 12.9. The third kappa shape index (κ3) is 7.10. The molecule has 4 rings (SSSR count). The summed E-state index contributed by atoms with van der Waals surface area (Å²) < 4.78 is 44.8. The maximum atomic E-state index is 12.9. The first-order valence-electron chi connectivity index (χ1n) is 11.8. The van der Waals surface area contributed by atoms with E-state index in [9.17, 15) is 18.0 Å². The van der Waals surface area contributed by atoms with Crippen molar-refractivity contribution in [3.05, 3.63) is 106 Å².